The smallest absolute Gasteiger partial charge is 0.161 e. The summed E-state index contributed by atoms with van der Waals surface area (Å²) in [5, 5.41) is 5.32. The van der Waals surface area contributed by atoms with Crippen molar-refractivity contribution in [2.75, 3.05) is 0 Å². The summed E-state index contributed by atoms with van der Waals surface area (Å²) in [6.07, 6.45) is 4.58. The Bertz CT molecular complexity index is 887. The summed E-state index contributed by atoms with van der Waals surface area (Å²) < 4.78 is 0. The minimum atomic E-state index is -1.73. The lowest BCUT2D eigenvalue weighted by atomic mass is 9.96. The molecule has 1 atom stereocenters. The lowest BCUT2D eigenvalue weighted by Gasteiger charge is -2.22. The quantitative estimate of drug-likeness (QED) is 0.290. The molecule has 0 heterocycles. The molecule has 1 aliphatic carbocycles. The van der Waals surface area contributed by atoms with Crippen molar-refractivity contribution in [3.05, 3.63) is 65.7 Å². The number of halogens is 1. The van der Waals surface area contributed by atoms with E-state index in [0.29, 0.717) is 5.54 Å². The van der Waals surface area contributed by atoms with Crippen molar-refractivity contribution in [1.82, 2.24) is 0 Å². The van der Waals surface area contributed by atoms with E-state index in [-0.39, 0.29) is 0 Å². The fraction of sp³-hybridized carbons (Fsp3) is 0.158. The number of hydrogen-bond acceptors (Lipinski definition) is 0. The van der Waals surface area contributed by atoms with Crippen molar-refractivity contribution in [2.45, 2.75) is 18.6 Å². The molecule has 1 aliphatic rings. The van der Waals surface area contributed by atoms with Gasteiger partial charge in [0.15, 0.2) is 7.38 Å². The average molecular weight is 309 g/mol. The van der Waals surface area contributed by atoms with Gasteiger partial charge in [-0.1, -0.05) is 73.8 Å². The van der Waals surface area contributed by atoms with Crippen LogP contribution in [0.5, 0.6) is 0 Å². The van der Waals surface area contributed by atoms with Crippen LogP contribution in [0.25, 0.3) is 27.6 Å². The molecule has 0 bridgehead atoms. The van der Waals surface area contributed by atoms with Crippen LogP contribution in [-0.2, 0) is 0 Å². The number of hydrogen-bond donors (Lipinski definition) is 0. The predicted molar refractivity (Wildman–Crippen MR) is 96.6 cm³/mol. The minimum absolute atomic E-state index is 0.421. The van der Waals surface area contributed by atoms with Crippen LogP contribution >= 0.6 is 11.1 Å². The van der Waals surface area contributed by atoms with Crippen molar-refractivity contribution in [1.29, 1.82) is 0 Å². The van der Waals surface area contributed by atoms with Gasteiger partial charge >= 0.3 is 0 Å². The highest BCUT2D eigenvalue weighted by Gasteiger charge is 2.33. The SMILES string of the molecule is C[Si](C)(Cl)C1C=Cc2c1ccc1c2ccc2ccccc21. The fourth-order valence-corrected chi connectivity index (χ4v) is 5.60. The van der Waals surface area contributed by atoms with Gasteiger partial charge < -0.3 is 0 Å². The molecule has 0 spiro atoms. The summed E-state index contributed by atoms with van der Waals surface area (Å²) >= 11 is 6.70. The summed E-state index contributed by atoms with van der Waals surface area (Å²) in [7, 11) is -1.73. The number of fused-ring (bicyclic) bond motifs is 5. The molecule has 3 aromatic rings. The highest BCUT2D eigenvalue weighted by Crippen LogP contribution is 2.42. The fourth-order valence-electron chi connectivity index (χ4n) is 3.48. The lowest BCUT2D eigenvalue weighted by molar-refractivity contribution is 1.20. The topological polar surface area (TPSA) is 0 Å². The first kappa shape index (κ1) is 13.1. The molecule has 0 saturated carbocycles. The average Bonchev–Trinajstić information content (AvgIpc) is 2.91. The summed E-state index contributed by atoms with van der Waals surface area (Å²) in [6, 6.07) is 17.6. The van der Waals surface area contributed by atoms with Crippen molar-refractivity contribution in [3.8, 4) is 0 Å². The first-order chi connectivity index (χ1) is 10.1. The van der Waals surface area contributed by atoms with E-state index < -0.39 is 7.38 Å². The van der Waals surface area contributed by atoms with Crippen LogP contribution < -0.4 is 0 Å². The van der Waals surface area contributed by atoms with Gasteiger partial charge in [-0.25, -0.2) is 0 Å². The molecule has 0 N–H and O–H groups in total. The molecule has 0 radical (unpaired) electrons. The van der Waals surface area contributed by atoms with Crippen molar-refractivity contribution >= 4 is 46.1 Å². The van der Waals surface area contributed by atoms with Crippen molar-refractivity contribution < 1.29 is 0 Å². The Morgan fingerprint density at radius 3 is 2.43 bits per heavy atom. The Labute approximate surface area is 130 Å². The van der Waals surface area contributed by atoms with Gasteiger partial charge in [0.1, 0.15) is 0 Å². The molecular weight excluding hydrogens is 292 g/mol. The van der Waals surface area contributed by atoms with Crippen LogP contribution in [0, 0.1) is 0 Å². The molecule has 4 rings (SSSR count). The second kappa shape index (κ2) is 4.46. The Balaban J connectivity index is 2.04. The van der Waals surface area contributed by atoms with Gasteiger partial charge in [-0.15, -0.1) is 0 Å². The molecule has 0 aliphatic heterocycles. The zero-order valence-corrected chi connectivity index (χ0v) is 14.0. The van der Waals surface area contributed by atoms with E-state index in [4.69, 9.17) is 11.1 Å². The standard InChI is InChI=1S/C19H17ClSi/c1-21(2,20)19-12-11-17-16-8-7-13-5-3-4-6-14(13)15(16)9-10-18(17)19/h3-12,19H,1-2H3. The molecule has 0 saturated heterocycles. The largest absolute Gasteiger partial charge is 0.167 e. The maximum atomic E-state index is 6.70. The monoisotopic (exact) mass is 308 g/mol. The molecule has 0 amide bonds. The third-order valence-corrected chi connectivity index (χ3v) is 7.22. The summed E-state index contributed by atoms with van der Waals surface area (Å²) in [6.45, 7) is 4.45. The van der Waals surface area contributed by atoms with Gasteiger partial charge in [-0.2, -0.15) is 11.1 Å². The zero-order chi connectivity index (χ0) is 14.6. The normalized spacial score (nSPS) is 17.6. The summed E-state index contributed by atoms with van der Waals surface area (Å²) in [5.41, 5.74) is 3.19. The van der Waals surface area contributed by atoms with E-state index in [0.717, 1.165) is 0 Å². The Morgan fingerprint density at radius 1 is 0.857 bits per heavy atom. The highest BCUT2D eigenvalue weighted by atomic mass is 35.6. The van der Waals surface area contributed by atoms with Gasteiger partial charge in [0.25, 0.3) is 0 Å². The van der Waals surface area contributed by atoms with Crippen LogP contribution in [0.2, 0.25) is 13.1 Å². The van der Waals surface area contributed by atoms with Crippen molar-refractivity contribution in [3.63, 3.8) is 0 Å². The van der Waals surface area contributed by atoms with Crippen LogP contribution in [-0.4, -0.2) is 7.38 Å². The number of allylic oxidation sites excluding steroid dienone is 1. The molecule has 0 aromatic heterocycles. The van der Waals surface area contributed by atoms with Gasteiger partial charge in [0.2, 0.25) is 0 Å². The van der Waals surface area contributed by atoms with Gasteiger partial charge in [-0.3, -0.25) is 0 Å². The van der Waals surface area contributed by atoms with E-state index in [9.17, 15) is 0 Å². The molecule has 3 aromatic carbocycles. The zero-order valence-electron chi connectivity index (χ0n) is 12.2. The van der Waals surface area contributed by atoms with Gasteiger partial charge in [-0.05, 0) is 32.7 Å². The number of benzene rings is 3. The second-order valence-electron chi connectivity index (χ2n) is 6.35. The minimum Gasteiger partial charge on any atom is -0.167 e. The molecule has 0 nitrogen and oxygen atoms in total. The maximum Gasteiger partial charge on any atom is 0.161 e. The van der Waals surface area contributed by atoms with E-state index in [1.165, 1.54) is 32.7 Å². The first-order valence-corrected chi connectivity index (χ1v) is 11.5. The highest BCUT2D eigenvalue weighted by molar-refractivity contribution is 7.20. The maximum absolute atomic E-state index is 6.70. The van der Waals surface area contributed by atoms with Gasteiger partial charge in [0.05, 0.1) is 0 Å². The van der Waals surface area contributed by atoms with Crippen LogP contribution in [0.1, 0.15) is 16.7 Å². The molecule has 21 heavy (non-hydrogen) atoms. The van der Waals surface area contributed by atoms with E-state index in [1.54, 1.807) is 0 Å². The van der Waals surface area contributed by atoms with Gasteiger partial charge in [0, 0.05) is 5.54 Å². The van der Waals surface area contributed by atoms with Crippen molar-refractivity contribution in [2.24, 2.45) is 0 Å². The molecule has 0 fully saturated rings. The van der Waals surface area contributed by atoms with E-state index >= 15 is 0 Å². The third-order valence-electron chi connectivity index (χ3n) is 4.53. The second-order valence-corrected chi connectivity index (χ2v) is 13.0. The molecular formula is C19H17ClSi. The van der Waals surface area contributed by atoms with E-state index in [1.807, 2.05) is 0 Å². The third kappa shape index (κ3) is 1.96. The Morgan fingerprint density at radius 2 is 1.62 bits per heavy atom. The molecule has 104 valence electrons. The lowest BCUT2D eigenvalue weighted by Crippen LogP contribution is -2.25. The van der Waals surface area contributed by atoms with E-state index in [2.05, 4.69) is 73.8 Å². The predicted octanol–water partition coefficient (Wildman–Crippen LogP) is 6.09. The summed E-state index contributed by atoms with van der Waals surface area (Å²) in [5.74, 6) is 0. The van der Waals surface area contributed by atoms with Crippen LogP contribution in [0.15, 0.2) is 54.6 Å². The summed E-state index contributed by atoms with van der Waals surface area (Å²) in [4.78, 5) is 0. The molecule has 1 unspecified atom stereocenters. The Hall–Kier alpha value is -1.57. The number of rotatable bonds is 1. The molecule has 2 heteroatoms. The van der Waals surface area contributed by atoms with Crippen LogP contribution in [0.3, 0.4) is 0 Å². The first-order valence-electron chi connectivity index (χ1n) is 7.37. The Kier molecular flexibility index (Phi) is 2.78. The van der Waals surface area contributed by atoms with Crippen LogP contribution in [0.4, 0.5) is 0 Å².